The van der Waals surface area contributed by atoms with Crippen LogP contribution in [0.4, 0.5) is 0 Å². The van der Waals surface area contributed by atoms with Gasteiger partial charge in [-0.05, 0) is 107 Å². The molecule has 0 aromatic rings. The maximum absolute atomic E-state index is 14.2. The molecule has 136 valence electrons. The Hall–Kier alpha value is 0.100. The molecule has 4 fully saturated rings. The highest BCUT2D eigenvalue weighted by molar-refractivity contribution is 7.48. The first kappa shape index (κ1) is 17.5. The van der Waals surface area contributed by atoms with Gasteiger partial charge in [-0.2, -0.15) is 0 Å². The van der Waals surface area contributed by atoms with Crippen LogP contribution in [-0.2, 0) is 4.57 Å². The van der Waals surface area contributed by atoms with Crippen molar-refractivity contribution in [2.24, 2.45) is 35.5 Å². The van der Waals surface area contributed by atoms with Crippen molar-refractivity contribution in [2.75, 3.05) is 0 Å². The number of rotatable bonds is 2. The molecule has 4 aliphatic carbocycles. The summed E-state index contributed by atoms with van der Waals surface area (Å²) in [5, 5.41) is 0.336. The van der Waals surface area contributed by atoms with Crippen molar-refractivity contribution in [1.82, 2.24) is 0 Å². The van der Waals surface area contributed by atoms with Crippen LogP contribution >= 0.6 is 7.80 Å². The summed E-state index contributed by atoms with van der Waals surface area (Å²) in [6.07, 6.45) is 13.4. The van der Waals surface area contributed by atoms with Crippen molar-refractivity contribution in [3.8, 4) is 0 Å². The summed E-state index contributed by atoms with van der Waals surface area (Å²) < 4.78 is 14.2. The van der Waals surface area contributed by atoms with E-state index < -0.39 is 7.80 Å². The van der Waals surface area contributed by atoms with Gasteiger partial charge in [-0.25, -0.2) is 0 Å². The van der Waals surface area contributed by atoms with Gasteiger partial charge in [-0.3, -0.25) is 0 Å². The minimum Gasteiger partial charge on any atom is -0.0736 e. The Morgan fingerprint density at radius 3 is 1.67 bits per heavy atom. The van der Waals surface area contributed by atoms with Crippen LogP contribution in [0.15, 0.2) is 0 Å². The third-order valence-electron chi connectivity index (χ3n) is 8.11. The molecule has 0 aromatic heterocycles. The summed E-state index contributed by atoms with van der Waals surface area (Å²) in [4.78, 5) is 0. The van der Waals surface area contributed by atoms with Gasteiger partial charge in [-0.1, -0.05) is 25.3 Å². The molecule has 0 amide bonds. The smallest absolute Gasteiger partial charge is 0.0736 e. The molecule has 0 saturated heterocycles. The predicted octanol–water partition coefficient (Wildman–Crippen LogP) is 7.02. The Kier molecular flexibility index (Phi) is 4.43. The van der Waals surface area contributed by atoms with E-state index >= 15 is 0 Å². The summed E-state index contributed by atoms with van der Waals surface area (Å²) in [6, 6.07) is 0. The number of hydrogen-bond donors (Lipinski definition) is 0. The molecule has 4 bridgehead atoms. The van der Waals surface area contributed by atoms with Crippen molar-refractivity contribution < 1.29 is 4.57 Å². The van der Waals surface area contributed by atoms with Crippen LogP contribution < -0.4 is 0 Å². The normalized spacial score (nSPS) is 55.1. The second kappa shape index (κ2) is 6.07. The zero-order valence-electron chi connectivity index (χ0n) is 16.4. The molecule has 5 unspecified atom stereocenters. The third kappa shape index (κ3) is 3.02. The van der Waals surface area contributed by atoms with Crippen LogP contribution in [0.1, 0.15) is 91.9 Å². The highest BCUT2D eigenvalue weighted by Crippen LogP contribution is 2.68. The molecule has 24 heavy (non-hydrogen) atoms. The second-order valence-corrected chi connectivity index (χ2v) is 13.7. The van der Waals surface area contributed by atoms with Crippen LogP contribution in [0.25, 0.3) is 0 Å². The quantitative estimate of drug-likeness (QED) is 0.489. The number of fused-ring (bicyclic) bond motifs is 4. The third-order valence-corrected chi connectivity index (χ3v) is 10.9. The molecule has 4 saturated carbocycles. The average molecular weight is 350 g/mol. The van der Waals surface area contributed by atoms with Crippen molar-refractivity contribution in [3.05, 3.63) is 0 Å². The predicted molar refractivity (Wildman–Crippen MR) is 103 cm³/mol. The Bertz CT molecular complexity index is 475. The van der Waals surface area contributed by atoms with Crippen LogP contribution in [0.3, 0.4) is 0 Å². The lowest BCUT2D eigenvalue weighted by atomic mass is 9.64. The fourth-order valence-electron chi connectivity index (χ4n) is 8.20. The van der Waals surface area contributed by atoms with E-state index in [9.17, 15) is 4.57 Å². The van der Waals surface area contributed by atoms with E-state index in [1.807, 2.05) is 0 Å². The highest BCUT2D eigenvalue weighted by atomic mass is 31.1. The van der Waals surface area contributed by atoms with Crippen molar-refractivity contribution in [2.45, 2.75) is 102 Å². The zero-order chi connectivity index (χ0) is 17.1. The lowest BCUT2D eigenvalue weighted by Crippen LogP contribution is -2.47. The molecular weight excluding hydrogens is 311 g/mol. The molecule has 0 heterocycles. The first-order chi connectivity index (χ1) is 11.3. The van der Waals surface area contributed by atoms with Crippen molar-refractivity contribution in [3.63, 3.8) is 0 Å². The highest BCUT2D eigenvalue weighted by Gasteiger charge is 2.64. The van der Waals surface area contributed by atoms with Gasteiger partial charge in [0.15, 0.2) is 10.3 Å². The maximum Gasteiger partial charge on any atom is 0.350 e. The Morgan fingerprint density at radius 2 is 1.12 bits per heavy atom. The van der Waals surface area contributed by atoms with Crippen molar-refractivity contribution in [1.29, 1.82) is 0 Å². The van der Waals surface area contributed by atoms with E-state index in [1.165, 1.54) is 64.2 Å². The molecule has 4 aliphatic rings. The van der Waals surface area contributed by atoms with E-state index in [-0.39, 0.29) is 10.3 Å². The van der Waals surface area contributed by atoms with E-state index in [4.69, 9.17) is 0 Å². The van der Waals surface area contributed by atoms with Gasteiger partial charge in [-0.15, -0.1) is 0 Å². The molecule has 0 N–H and O–H groups in total. The molecule has 5 atom stereocenters. The summed E-state index contributed by atoms with van der Waals surface area (Å²) in [5.41, 5.74) is 0. The molecular formula is C22H38OP+. The molecule has 0 aromatic carbocycles. The van der Waals surface area contributed by atoms with E-state index in [2.05, 4.69) is 27.7 Å². The largest absolute Gasteiger partial charge is 0.350 e. The van der Waals surface area contributed by atoms with Crippen LogP contribution in [0.2, 0.25) is 0 Å². The first-order valence-corrected chi connectivity index (χ1v) is 12.0. The van der Waals surface area contributed by atoms with Crippen LogP contribution in [0.5, 0.6) is 0 Å². The Labute approximate surface area is 150 Å². The maximum atomic E-state index is 14.2. The molecule has 0 radical (unpaired) electrons. The lowest BCUT2D eigenvalue weighted by molar-refractivity contribution is 0.106. The second-order valence-electron chi connectivity index (χ2n) is 11.1. The van der Waals surface area contributed by atoms with Gasteiger partial charge in [0.25, 0.3) is 0 Å². The van der Waals surface area contributed by atoms with Gasteiger partial charge in [0.2, 0.25) is 0 Å². The minimum absolute atomic E-state index is 0.141. The summed E-state index contributed by atoms with van der Waals surface area (Å²) >= 11 is 0. The SMILES string of the molecule is CC1CC2CC(C1)CC(C)([P+](=O)C13CC(C)CC(CC(C)C1)C3)C2. The van der Waals surface area contributed by atoms with Gasteiger partial charge in [0.1, 0.15) is 0 Å². The fourth-order valence-corrected chi connectivity index (χ4v) is 11.6. The molecule has 1 nitrogen and oxygen atoms in total. The summed E-state index contributed by atoms with van der Waals surface area (Å²) in [7, 11) is -1.10. The van der Waals surface area contributed by atoms with E-state index in [0.29, 0.717) is 0 Å². The molecule has 4 rings (SSSR count). The topological polar surface area (TPSA) is 17.1 Å². The average Bonchev–Trinajstić information content (AvgIpc) is 2.43. The van der Waals surface area contributed by atoms with Gasteiger partial charge in [0.05, 0.1) is 0 Å². The molecule has 0 aliphatic heterocycles. The summed E-state index contributed by atoms with van der Waals surface area (Å²) in [5.74, 6) is 5.09. The minimum atomic E-state index is -1.10. The zero-order valence-corrected chi connectivity index (χ0v) is 17.3. The monoisotopic (exact) mass is 349 g/mol. The first-order valence-electron chi connectivity index (χ1n) is 10.8. The van der Waals surface area contributed by atoms with Gasteiger partial charge >= 0.3 is 7.80 Å². The van der Waals surface area contributed by atoms with Crippen LogP contribution in [-0.4, -0.2) is 10.3 Å². The van der Waals surface area contributed by atoms with Crippen LogP contribution in [0, 0.1) is 35.5 Å². The fraction of sp³-hybridized carbons (Fsp3) is 1.00. The Balaban J connectivity index is 1.60. The van der Waals surface area contributed by atoms with Crippen molar-refractivity contribution >= 4 is 7.80 Å². The molecule has 0 spiro atoms. The summed E-state index contributed by atoms with van der Waals surface area (Å²) in [6.45, 7) is 9.74. The lowest BCUT2D eigenvalue weighted by Gasteiger charge is -2.48. The van der Waals surface area contributed by atoms with Gasteiger partial charge < -0.3 is 0 Å². The van der Waals surface area contributed by atoms with Gasteiger partial charge in [0, 0.05) is 0 Å². The standard InChI is InChI=1S/C22H38OP/c1-15-5-19-9-20(6-15)13-21(4,12-19)24(23)22-10-16(2)7-18(14-22)8-17(3)11-22/h15-20H,5-14H2,1-4H3/q+1. The van der Waals surface area contributed by atoms with E-state index in [1.54, 1.807) is 0 Å². The van der Waals surface area contributed by atoms with E-state index in [0.717, 1.165) is 35.5 Å². The number of hydrogen-bond acceptors (Lipinski definition) is 1. The Morgan fingerprint density at radius 1 is 0.667 bits per heavy atom. The molecule has 2 heteroatoms.